The first-order valence-electron chi connectivity index (χ1n) is 12.7. The summed E-state index contributed by atoms with van der Waals surface area (Å²) in [5.41, 5.74) is 6.13. The minimum atomic E-state index is -4.44. The number of halogens is 3. The Morgan fingerprint density at radius 3 is 2.48 bits per heavy atom. The number of carbonyl (C=O) groups is 2. The number of hydrogen-bond donors (Lipinski definition) is 3. The largest absolute Gasteiger partial charge is 0.457 e. The molecule has 3 aromatic rings. The van der Waals surface area contributed by atoms with E-state index >= 15 is 0 Å². The third kappa shape index (κ3) is 6.49. The molecule has 4 N–H and O–H groups in total. The average Bonchev–Trinajstić information content (AvgIpc) is 3.33. The Morgan fingerprint density at radius 1 is 1.10 bits per heavy atom. The fraction of sp³-hybridized carbons (Fsp3) is 0.333. The maximum atomic E-state index is 12.9. The van der Waals surface area contributed by atoms with E-state index in [4.69, 9.17) is 15.2 Å². The lowest BCUT2D eigenvalue weighted by molar-refractivity contribution is -0.137. The molecule has 40 heavy (non-hydrogen) atoms. The van der Waals surface area contributed by atoms with Crippen molar-refractivity contribution in [3.63, 3.8) is 0 Å². The summed E-state index contributed by atoms with van der Waals surface area (Å²) in [5.74, 6) is 0.230. The molecule has 5 rings (SSSR count). The number of nitrogens with one attached hydrogen (secondary N) is 2. The highest BCUT2D eigenvalue weighted by Crippen LogP contribution is 2.33. The summed E-state index contributed by atoms with van der Waals surface area (Å²) in [4.78, 5) is 35.3. The van der Waals surface area contributed by atoms with Crippen molar-refractivity contribution in [2.75, 3.05) is 38.2 Å². The molecule has 1 aromatic heterocycles. The number of hydrogen-bond acceptors (Lipinski definition) is 8. The first kappa shape index (κ1) is 27.3. The predicted molar refractivity (Wildman–Crippen MR) is 139 cm³/mol. The van der Waals surface area contributed by atoms with Crippen molar-refractivity contribution in [1.29, 1.82) is 0 Å². The van der Waals surface area contributed by atoms with Gasteiger partial charge in [0.25, 0.3) is 5.91 Å². The van der Waals surface area contributed by atoms with Crippen LogP contribution in [-0.2, 0) is 22.3 Å². The quantitative estimate of drug-likeness (QED) is 0.386. The fourth-order valence-electron chi connectivity index (χ4n) is 4.51. The smallest absolute Gasteiger partial charge is 0.416 e. The van der Waals surface area contributed by atoms with Crippen LogP contribution in [0, 0.1) is 0 Å². The molecule has 2 saturated heterocycles. The van der Waals surface area contributed by atoms with E-state index in [1.54, 1.807) is 18.2 Å². The van der Waals surface area contributed by atoms with Gasteiger partial charge in [-0.2, -0.15) is 13.2 Å². The van der Waals surface area contributed by atoms with Crippen LogP contribution in [0.25, 0.3) is 11.4 Å². The monoisotopic (exact) mass is 556 g/mol. The van der Waals surface area contributed by atoms with Crippen molar-refractivity contribution in [3.05, 3.63) is 65.4 Å². The maximum Gasteiger partial charge on any atom is 0.416 e. The lowest BCUT2D eigenvalue weighted by atomic mass is 10.0. The number of primary amides is 1. The van der Waals surface area contributed by atoms with Crippen molar-refractivity contribution >= 4 is 17.6 Å². The van der Waals surface area contributed by atoms with Crippen LogP contribution in [0.15, 0.2) is 48.5 Å². The van der Waals surface area contributed by atoms with E-state index in [-0.39, 0.29) is 29.0 Å². The second-order valence-electron chi connectivity index (χ2n) is 9.43. The number of nitrogens with zero attached hydrogens (tertiary/aromatic N) is 3. The Labute approximate surface area is 227 Å². The van der Waals surface area contributed by atoms with Crippen LogP contribution in [0.2, 0.25) is 0 Å². The van der Waals surface area contributed by atoms with Crippen molar-refractivity contribution in [3.8, 4) is 22.9 Å². The highest BCUT2D eigenvalue weighted by molar-refractivity contribution is 5.92. The summed E-state index contributed by atoms with van der Waals surface area (Å²) in [6.07, 6.45) is -3.89. The van der Waals surface area contributed by atoms with Crippen LogP contribution in [0.4, 0.5) is 19.0 Å². The van der Waals surface area contributed by atoms with Gasteiger partial charge in [-0.25, -0.2) is 9.97 Å². The van der Waals surface area contributed by atoms with Crippen LogP contribution in [-0.4, -0.2) is 65.6 Å². The topological polar surface area (TPSA) is 132 Å². The second-order valence-corrected chi connectivity index (χ2v) is 9.43. The Kier molecular flexibility index (Phi) is 7.85. The van der Waals surface area contributed by atoms with Gasteiger partial charge in [-0.05, 0) is 54.4 Å². The molecule has 1 unspecified atom stereocenters. The fourth-order valence-corrected chi connectivity index (χ4v) is 4.51. The van der Waals surface area contributed by atoms with Gasteiger partial charge < -0.3 is 25.8 Å². The van der Waals surface area contributed by atoms with E-state index in [0.29, 0.717) is 57.1 Å². The molecule has 2 aromatic carbocycles. The minimum absolute atomic E-state index is 0.0201. The molecule has 3 heterocycles. The molecule has 210 valence electrons. The highest BCUT2D eigenvalue weighted by Gasteiger charge is 2.30. The van der Waals surface area contributed by atoms with Crippen LogP contribution in [0.5, 0.6) is 11.5 Å². The van der Waals surface area contributed by atoms with Gasteiger partial charge in [0.15, 0.2) is 5.82 Å². The lowest BCUT2D eigenvalue weighted by Crippen LogP contribution is -2.35. The van der Waals surface area contributed by atoms with Gasteiger partial charge in [-0.15, -0.1) is 0 Å². The standard InChI is InChI=1S/C27H27F3N6O4/c28-27(29,30)17-1-3-18(4-2-17)40-19-5-6-20(16(13-19)15-36-9-11-39-12-10-36)25-34-22(24(31)37)14-23(35-25)33-21-7-8-32-26(21)38/h1-6,13-14,21H,7-12,15H2,(H2,31,37)(H,32,38)(H,33,34,35). The number of morpholine rings is 1. The Morgan fingerprint density at radius 2 is 1.82 bits per heavy atom. The molecule has 2 amide bonds. The highest BCUT2D eigenvalue weighted by atomic mass is 19.4. The van der Waals surface area contributed by atoms with Gasteiger partial charge in [0.1, 0.15) is 29.1 Å². The zero-order valence-corrected chi connectivity index (χ0v) is 21.3. The van der Waals surface area contributed by atoms with Crippen molar-refractivity contribution in [2.24, 2.45) is 5.73 Å². The van der Waals surface area contributed by atoms with E-state index in [9.17, 15) is 22.8 Å². The summed E-state index contributed by atoms with van der Waals surface area (Å²) in [6, 6.07) is 10.5. The molecule has 0 bridgehead atoms. The third-order valence-corrected chi connectivity index (χ3v) is 6.58. The summed E-state index contributed by atoms with van der Waals surface area (Å²) in [7, 11) is 0. The normalized spacial score (nSPS) is 17.9. The summed E-state index contributed by atoms with van der Waals surface area (Å²) >= 11 is 0. The number of amides is 2. The molecule has 10 nitrogen and oxygen atoms in total. The summed E-state index contributed by atoms with van der Waals surface area (Å²) in [5, 5.41) is 5.80. The second kappa shape index (κ2) is 11.5. The van der Waals surface area contributed by atoms with Crippen molar-refractivity contribution in [1.82, 2.24) is 20.2 Å². The predicted octanol–water partition coefficient (Wildman–Crippen LogP) is 3.19. The molecule has 2 fully saturated rings. The van der Waals surface area contributed by atoms with Gasteiger partial charge in [0.2, 0.25) is 5.91 Å². The third-order valence-electron chi connectivity index (χ3n) is 6.58. The molecule has 0 saturated carbocycles. The van der Waals surface area contributed by atoms with E-state index in [1.165, 1.54) is 18.2 Å². The van der Waals surface area contributed by atoms with Gasteiger partial charge in [0.05, 0.1) is 18.8 Å². The number of alkyl halides is 3. The van der Waals surface area contributed by atoms with Crippen LogP contribution >= 0.6 is 0 Å². The van der Waals surface area contributed by atoms with Crippen molar-refractivity contribution < 1.29 is 32.2 Å². The molecule has 2 aliphatic heterocycles. The molecular weight excluding hydrogens is 529 g/mol. The minimum Gasteiger partial charge on any atom is -0.457 e. The molecule has 0 spiro atoms. The van der Waals surface area contributed by atoms with Gasteiger partial charge >= 0.3 is 6.18 Å². The zero-order valence-electron chi connectivity index (χ0n) is 21.3. The van der Waals surface area contributed by atoms with Crippen LogP contribution < -0.4 is 21.1 Å². The SMILES string of the molecule is NC(=O)c1cc(NC2CCNC2=O)nc(-c2ccc(Oc3ccc(C(F)(F)F)cc3)cc2CN2CCOCC2)n1. The lowest BCUT2D eigenvalue weighted by Gasteiger charge is -2.27. The number of benzene rings is 2. The van der Waals surface area contributed by atoms with Gasteiger partial charge in [-0.1, -0.05) is 0 Å². The number of carbonyl (C=O) groups excluding carboxylic acids is 2. The number of rotatable bonds is 8. The van der Waals surface area contributed by atoms with Crippen molar-refractivity contribution in [2.45, 2.75) is 25.2 Å². The zero-order chi connectivity index (χ0) is 28.3. The van der Waals surface area contributed by atoms with E-state index in [1.807, 2.05) is 0 Å². The van der Waals surface area contributed by atoms with E-state index in [0.717, 1.165) is 17.7 Å². The van der Waals surface area contributed by atoms with Crippen LogP contribution in [0.3, 0.4) is 0 Å². The first-order chi connectivity index (χ1) is 19.2. The molecule has 2 aliphatic rings. The first-order valence-corrected chi connectivity index (χ1v) is 12.7. The molecular formula is C27H27F3N6O4. The Balaban J connectivity index is 1.49. The Hall–Kier alpha value is -4.23. The van der Waals surface area contributed by atoms with E-state index < -0.39 is 23.7 Å². The van der Waals surface area contributed by atoms with Crippen LogP contribution in [0.1, 0.15) is 28.0 Å². The molecule has 0 radical (unpaired) electrons. The average molecular weight is 557 g/mol. The number of ether oxygens (including phenoxy) is 2. The number of aromatic nitrogens is 2. The number of nitrogens with two attached hydrogens (primary N) is 1. The summed E-state index contributed by atoms with van der Waals surface area (Å²) < 4.78 is 50.2. The van der Waals surface area contributed by atoms with E-state index in [2.05, 4.69) is 25.5 Å². The molecule has 0 aliphatic carbocycles. The summed E-state index contributed by atoms with van der Waals surface area (Å²) in [6.45, 7) is 3.52. The van der Waals surface area contributed by atoms with Gasteiger partial charge in [0, 0.05) is 37.8 Å². The molecule has 13 heteroatoms. The number of anilines is 1. The maximum absolute atomic E-state index is 12.9. The van der Waals surface area contributed by atoms with Gasteiger partial charge in [-0.3, -0.25) is 14.5 Å². The molecule has 1 atom stereocenters. The Bertz CT molecular complexity index is 1390.